The number of hydrogen-bond acceptors (Lipinski definition) is 3. The highest BCUT2D eigenvalue weighted by atomic mass is 35.5. The van der Waals surface area contributed by atoms with Gasteiger partial charge in [0.2, 0.25) is 5.43 Å². The van der Waals surface area contributed by atoms with E-state index < -0.39 is 17.2 Å². The van der Waals surface area contributed by atoms with Crippen LogP contribution < -0.4 is 5.43 Å². The zero-order valence-corrected chi connectivity index (χ0v) is 15.1. The van der Waals surface area contributed by atoms with Gasteiger partial charge in [-0.15, -0.1) is 12.4 Å². The van der Waals surface area contributed by atoms with Crippen LogP contribution in [0.2, 0.25) is 0 Å². The predicted molar refractivity (Wildman–Crippen MR) is 101 cm³/mol. The molecule has 136 valence electrons. The van der Waals surface area contributed by atoms with Gasteiger partial charge in [-0.3, -0.25) is 4.79 Å². The van der Waals surface area contributed by atoms with E-state index in [9.17, 15) is 19.1 Å². The van der Waals surface area contributed by atoms with Gasteiger partial charge in [0, 0.05) is 23.8 Å². The maximum Gasteiger partial charge on any atom is 0.341 e. The van der Waals surface area contributed by atoms with E-state index in [1.807, 2.05) is 43.3 Å². The van der Waals surface area contributed by atoms with E-state index >= 15 is 0 Å². The van der Waals surface area contributed by atoms with Gasteiger partial charge in [0.25, 0.3) is 0 Å². The van der Waals surface area contributed by atoms with Gasteiger partial charge in [-0.05, 0) is 50.0 Å². The molecule has 2 aromatic carbocycles. The molecule has 1 heterocycles. The number of carboxylic acid groups (broad SMARTS) is 1. The van der Waals surface area contributed by atoms with Crippen molar-refractivity contribution in [2.24, 2.45) is 0 Å². The number of halogens is 2. The Morgan fingerprint density at radius 1 is 1.15 bits per heavy atom. The molecule has 0 saturated carbocycles. The number of carboxylic acids is 1. The van der Waals surface area contributed by atoms with Gasteiger partial charge < -0.3 is 14.6 Å². The summed E-state index contributed by atoms with van der Waals surface area (Å²) in [5.41, 5.74) is 1.10. The van der Waals surface area contributed by atoms with Crippen LogP contribution >= 0.6 is 12.4 Å². The van der Waals surface area contributed by atoms with Crippen LogP contribution in [0.1, 0.15) is 15.9 Å². The van der Waals surface area contributed by atoms with E-state index in [4.69, 9.17) is 0 Å². The molecule has 0 bridgehead atoms. The van der Waals surface area contributed by atoms with Crippen molar-refractivity contribution in [2.75, 3.05) is 14.1 Å². The zero-order valence-electron chi connectivity index (χ0n) is 14.3. The summed E-state index contributed by atoms with van der Waals surface area (Å²) in [4.78, 5) is 25.7. The Kier molecular flexibility index (Phi) is 5.79. The first kappa shape index (κ1) is 19.6. The number of pyridine rings is 1. The smallest absolute Gasteiger partial charge is 0.341 e. The van der Waals surface area contributed by atoms with E-state index in [2.05, 4.69) is 0 Å². The van der Waals surface area contributed by atoms with Crippen molar-refractivity contribution < 1.29 is 14.3 Å². The highest BCUT2D eigenvalue weighted by Crippen LogP contribution is 2.20. The number of hydrogen-bond donors (Lipinski definition) is 1. The summed E-state index contributed by atoms with van der Waals surface area (Å²) in [5, 5.41) is 9.47. The third kappa shape index (κ3) is 3.76. The molecule has 3 aromatic rings. The van der Waals surface area contributed by atoms with Crippen LogP contribution in [0.15, 0.2) is 53.5 Å². The maximum atomic E-state index is 13.7. The minimum absolute atomic E-state index is 0. The second-order valence-corrected chi connectivity index (χ2v) is 6.11. The molecule has 0 aliphatic heterocycles. The molecule has 0 unspecified atom stereocenters. The Morgan fingerprint density at radius 2 is 1.81 bits per heavy atom. The Labute approximate surface area is 155 Å². The largest absolute Gasteiger partial charge is 0.477 e. The van der Waals surface area contributed by atoms with Gasteiger partial charge in [0.1, 0.15) is 11.4 Å². The van der Waals surface area contributed by atoms with Crippen molar-refractivity contribution in [3.63, 3.8) is 0 Å². The molecule has 0 aliphatic rings. The molecule has 26 heavy (non-hydrogen) atoms. The van der Waals surface area contributed by atoms with E-state index in [-0.39, 0.29) is 23.4 Å². The molecule has 0 saturated heterocycles. The number of aromatic nitrogens is 1. The molecule has 0 radical (unpaired) electrons. The monoisotopic (exact) mass is 376 g/mol. The van der Waals surface area contributed by atoms with Crippen LogP contribution in [0.25, 0.3) is 16.6 Å². The van der Waals surface area contributed by atoms with E-state index in [1.54, 1.807) is 0 Å². The molecule has 1 N–H and O–H groups in total. The van der Waals surface area contributed by atoms with Crippen molar-refractivity contribution in [1.29, 1.82) is 0 Å². The fraction of sp³-hybridized carbons (Fsp3) is 0.158. The molecule has 0 fully saturated rings. The molecule has 0 atom stereocenters. The summed E-state index contributed by atoms with van der Waals surface area (Å²) in [6.07, 6.45) is 1.24. The second kappa shape index (κ2) is 7.68. The Hall–Kier alpha value is -2.70. The summed E-state index contributed by atoms with van der Waals surface area (Å²) < 4.78 is 15.2. The first-order valence-corrected chi connectivity index (χ1v) is 7.69. The lowest BCUT2D eigenvalue weighted by Crippen LogP contribution is -2.18. The van der Waals surface area contributed by atoms with Crippen LogP contribution in [0.3, 0.4) is 0 Å². The zero-order chi connectivity index (χ0) is 18.1. The topological polar surface area (TPSA) is 62.5 Å². The van der Waals surface area contributed by atoms with Crippen LogP contribution in [0, 0.1) is 5.82 Å². The SMILES string of the molecule is CN(C)Cc1ccc(-n2cc(C(=O)O)c(=O)c3ccc(F)cc32)cc1.Cl. The lowest BCUT2D eigenvalue weighted by Gasteiger charge is -2.14. The molecular weight excluding hydrogens is 359 g/mol. The fourth-order valence-electron chi connectivity index (χ4n) is 2.79. The van der Waals surface area contributed by atoms with Crippen molar-refractivity contribution in [3.05, 3.63) is 75.8 Å². The second-order valence-electron chi connectivity index (χ2n) is 6.11. The van der Waals surface area contributed by atoms with Gasteiger partial charge in [-0.1, -0.05) is 12.1 Å². The molecule has 3 rings (SSSR count). The first-order chi connectivity index (χ1) is 11.9. The summed E-state index contributed by atoms with van der Waals surface area (Å²) in [5.74, 6) is -1.80. The molecular formula is C19H18ClFN2O3. The summed E-state index contributed by atoms with van der Waals surface area (Å²) >= 11 is 0. The summed E-state index contributed by atoms with van der Waals surface area (Å²) in [6.45, 7) is 0.764. The maximum absolute atomic E-state index is 13.7. The number of benzene rings is 2. The van der Waals surface area contributed by atoms with Gasteiger partial charge in [0.05, 0.1) is 5.52 Å². The number of rotatable bonds is 4. The van der Waals surface area contributed by atoms with E-state index in [0.29, 0.717) is 11.2 Å². The third-order valence-electron chi connectivity index (χ3n) is 3.91. The van der Waals surface area contributed by atoms with Crippen LogP contribution in [-0.2, 0) is 6.54 Å². The molecule has 1 aromatic heterocycles. The summed E-state index contributed by atoms with van der Waals surface area (Å²) in [7, 11) is 3.93. The Bertz CT molecular complexity index is 1010. The summed E-state index contributed by atoms with van der Waals surface area (Å²) in [6, 6.07) is 11.2. The first-order valence-electron chi connectivity index (χ1n) is 7.69. The fourth-order valence-corrected chi connectivity index (χ4v) is 2.79. The molecule has 7 heteroatoms. The third-order valence-corrected chi connectivity index (χ3v) is 3.91. The van der Waals surface area contributed by atoms with Gasteiger partial charge in [0.15, 0.2) is 0 Å². The van der Waals surface area contributed by atoms with Gasteiger partial charge >= 0.3 is 5.97 Å². The number of aromatic carboxylic acids is 1. The van der Waals surface area contributed by atoms with E-state index in [0.717, 1.165) is 18.2 Å². The highest BCUT2D eigenvalue weighted by Gasteiger charge is 2.15. The van der Waals surface area contributed by atoms with Crippen molar-refractivity contribution >= 4 is 29.3 Å². The predicted octanol–water partition coefficient (Wildman–Crippen LogP) is 3.31. The minimum Gasteiger partial charge on any atom is -0.477 e. The van der Waals surface area contributed by atoms with Crippen molar-refractivity contribution in [1.82, 2.24) is 9.47 Å². The average Bonchev–Trinajstić information content (AvgIpc) is 2.55. The quantitative estimate of drug-likeness (QED) is 0.758. The normalized spacial score (nSPS) is 10.8. The van der Waals surface area contributed by atoms with Crippen molar-refractivity contribution in [3.8, 4) is 5.69 Å². The lowest BCUT2D eigenvalue weighted by atomic mass is 10.1. The van der Waals surface area contributed by atoms with Crippen molar-refractivity contribution in [2.45, 2.75) is 6.54 Å². The van der Waals surface area contributed by atoms with E-state index in [1.165, 1.54) is 22.9 Å². The standard InChI is InChI=1S/C19H17FN2O3.ClH/c1-21(2)10-12-3-6-14(7-4-12)22-11-16(19(24)25)18(23)15-8-5-13(20)9-17(15)22;/h3-9,11H,10H2,1-2H3,(H,24,25);1H. The molecule has 5 nitrogen and oxygen atoms in total. The number of fused-ring (bicyclic) bond motifs is 1. The van der Waals surface area contributed by atoms with Crippen LogP contribution in [0.5, 0.6) is 0 Å². The Balaban J connectivity index is 0.00000243. The molecule has 0 aliphatic carbocycles. The van der Waals surface area contributed by atoms with Crippen LogP contribution in [0.4, 0.5) is 4.39 Å². The number of nitrogens with zero attached hydrogens (tertiary/aromatic N) is 2. The molecule has 0 amide bonds. The van der Waals surface area contributed by atoms with Gasteiger partial charge in [-0.2, -0.15) is 0 Å². The Morgan fingerprint density at radius 3 is 2.38 bits per heavy atom. The molecule has 0 spiro atoms. The number of carbonyl (C=O) groups is 1. The highest BCUT2D eigenvalue weighted by molar-refractivity contribution is 5.93. The van der Waals surface area contributed by atoms with Gasteiger partial charge in [-0.25, -0.2) is 9.18 Å². The average molecular weight is 377 g/mol. The van der Waals surface area contributed by atoms with Crippen LogP contribution in [-0.4, -0.2) is 34.6 Å². The minimum atomic E-state index is -1.31. The lowest BCUT2D eigenvalue weighted by molar-refractivity contribution is 0.0695.